The maximum atomic E-state index is 12.5. The summed E-state index contributed by atoms with van der Waals surface area (Å²) < 4.78 is 0. The van der Waals surface area contributed by atoms with Crippen molar-refractivity contribution in [3.8, 4) is 0 Å². The molecule has 0 amide bonds. The van der Waals surface area contributed by atoms with E-state index in [0.717, 1.165) is 38.4 Å². The van der Waals surface area contributed by atoms with Crippen LogP contribution in [0.5, 0.6) is 0 Å². The third-order valence-electron chi connectivity index (χ3n) is 10.0. The van der Waals surface area contributed by atoms with Crippen LogP contribution in [0.4, 0.5) is 0 Å². The Morgan fingerprint density at radius 1 is 0.895 bits per heavy atom. The second-order valence-electron chi connectivity index (χ2n) is 12.5. The molecule has 38 heavy (non-hydrogen) atoms. The monoisotopic (exact) mass is 516 g/mol. The number of hydrogen-bond donors (Lipinski definition) is 1. The van der Waals surface area contributed by atoms with Crippen molar-refractivity contribution in [1.82, 2.24) is 9.80 Å². The Kier molecular flexibility index (Phi) is 9.56. The first-order valence-electron chi connectivity index (χ1n) is 15.4. The van der Waals surface area contributed by atoms with Crippen molar-refractivity contribution in [2.45, 2.75) is 82.6 Å². The first-order valence-corrected chi connectivity index (χ1v) is 15.4. The second-order valence-corrected chi connectivity index (χ2v) is 12.5. The number of carboxylic acid groups (broad SMARTS) is 1. The molecule has 1 N–H and O–H groups in total. The summed E-state index contributed by atoms with van der Waals surface area (Å²) in [6, 6.07) is 21.6. The van der Waals surface area contributed by atoms with E-state index in [4.69, 9.17) is 0 Å². The van der Waals surface area contributed by atoms with Crippen LogP contribution in [0, 0.1) is 17.8 Å². The maximum absolute atomic E-state index is 12.5. The quantitative estimate of drug-likeness (QED) is 0.368. The molecule has 0 radical (unpaired) electrons. The predicted octanol–water partition coefficient (Wildman–Crippen LogP) is 7.03. The summed E-state index contributed by atoms with van der Waals surface area (Å²) in [4.78, 5) is 17.6. The zero-order chi connectivity index (χ0) is 26.3. The lowest BCUT2D eigenvalue weighted by Gasteiger charge is -2.35. The number of hydrogen-bond acceptors (Lipinski definition) is 3. The molecule has 2 saturated heterocycles. The van der Waals surface area contributed by atoms with Gasteiger partial charge in [0.25, 0.3) is 0 Å². The molecule has 3 fully saturated rings. The molecule has 0 spiro atoms. The molecular formula is C34H48N2O2. The van der Waals surface area contributed by atoms with Gasteiger partial charge in [0.05, 0.1) is 0 Å². The molecule has 2 aromatic carbocycles. The molecule has 0 aromatic heterocycles. The van der Waals surface area contributed by atoms with Gasteiger partial charge in [0.2, 0.25) is 0 Å². The molecule has 206 valence electrons. The molecular weight excluding hydrogens is 468 g/mol. The van der Waals surface area contributed by atoms with Crippen molar-refractivity contribution < 1.29 is 9.90 Å². The van der Waals surface area contributed by atoms with E-state index in [1.54, 1.807) is 0 Å². The van der Waals surface area contributed by atoms with Crippen LogP contribution in [0.2, 0.25) is 0 Å². The summed E-state index contributed by atoms with van der Waals surface area (Å²) >= 11 is 0. The number of aliphatic carboxylic acids is 1. The van der Waals surface area contributed by atoms with E-state index in [1.165, 1.54) is 69.2 Å². The largest absolute Gasteiger partial charge is 0.480 e. The van der Waals surface area contributed by atoms with Crippen molar-refractivity contribution in [1.29, 1.82) is 0 Å². The molecule has 4 atom stereocenters. The number of likely N-dealkylation sites (tertiary alicyclic amines) is 2. The fraction of sp³-hybridized carbons (Fsp3) is 0.618. The van der Waals surface area contributed by atoms with Crippen LogP contribution in [0.25, 0.3) is 0 Å². The van der Waals surface area contributed by atoms with E-state index in [9.17, 15) is 9.90 Å². The van der Waals surface area contributed by atoms with E-state index in [1.807, 2.05) is 0 Å². The van der Waals surface area contributed by atoms with Gasteiger partial charge in [0, 0.05) is 25.6 Å². The second kappa shape index (κ2) is 13.3. The molecule has 4 nitrogen and oxygen atoms in total. The number of rotatable bonds is 10. The minimum Gasteiger partial charge on any atom is -0.480 e. The lowest BCUT2D eigenvalue weighted by atomic mass is 9.83. The first-order chi connectivity index (χ1) is 18.6. The summed E-state index contributed by atoms with van der Waals surface area (Å²) in [6.07, 6.45) is 11.0. The van der Waals surface area contributed by atoms with Crippen molar-refractivity contribution >= 4 is 5.97 Å². The number of benzene rings is 2. The zero-order valence-corrected chi connectivity index (χ0v) is 23.4. The number of piperidine rings is 1. The Hall–Kier alpha value is -2.17. The third-order valence-corrected chi connectivity index (χ3v) is 10.0. The van der Waals surface area contributed by atoms with E-state index in [0.29, 0.717) is 23.7 Å². The Morgan fingerprint density at radius 2 is 1.55 bits per heavy atom. The summed E-state index contributed by atoms with van der Waals surface area (Å²) in [7, 11) is 0. The van der Waals surface area contributed by atoms with Gasteiger partial charge in [-0.25, -0.2) is 0 Å². The van der Waals surface area contributed by atoms with E-state index >= 15 is 0 Å². The van der Waals surface area contributed by atoms with Crippen LogP contribution >= 0.6 is 0 Å². The number of carbonyl (C=O) groups is 1. The normalized spacial score (nSPS) is 25.8. The van der Waals surface area contributed by atoms with Gasteiger partial charge >= 0.3 is 5.97 Å². The smallest absolute Gasteiger partial charge is 0.321 e. The summed E-state index contributed by atoms with van der Waals surface area (Å²) in [6.45, 7) is 7.65. The van der Waals surface area contributed by atoms with Gasteiger partial charge in [-0.2, -0.15) is 0 Å². The molecule has 2 aliphatic heterocycles. The van der Waals surface area contributed by atoms with Crippen LogP contribution in [-0.4, -0.2) is 59.6 Å². The Bertz CT molecular complexity index is 982. The van der Waals surface area contributed by atoms with Crippen molar-refractivity contribution in [2.24, 2.45) is 17.8 Å². The van der Waals surface area contributed by atoms with Gasteiger partial charge in [0.15, 0.2) is 0 Å². The lowest BCUT2D eigenvalue weighted by molar-refractivity contribution is -0.145. The van der Waals surface area contributed by atoms with E-state index < -0.39 is 5.97 Å². The van der Waals surface area contributed by atoms with Gasteiger partial charge in [-0.3, -0.25) is 9.69 Å². The molecule has 1 saturated carbocycles. The van der Waals surface area contributed by atoms with Gasteiger partial charge < -0.3 is 10.0 Å². The molecule has 0 unspecified atom stereocenters. The number of nitrogens with zero attached hydrogens (tertiary/aromatic N) is 2. The summed E-state index contributed by atoms with van der Waals surface area (Å²) in [5, 5.41) is 10.3. The van der Waals surface area contributed by atoms with Crippen molar-refractivity contribution in [3.63, 3.8) is 0 Å². The molecule has 4 heteroatoms. The average Bonchev–Trinajstić information content (AvgIpc) is 3.36. The molecule has 3 aliphatic rings. The van der Waals surface area contributed by atoms with Gasteiger partial charge in [0.1, 0.15) is 6.04 Å². The zero-order valence-electron chi connectivity index (χ0n) is 23.4. The standard InChI is InChI=1S/C34H48N2O2/c1-26(28-11-5-2-6-12-28)17-18-27-19-21-35(22-20-27)23-31-24-36(25-32(31)29-13-7-3-8-14-29)33(34(37)38)30-15-9-4-10-16-30/h2-3,5-8,11-14,26-27,30-33H,4,9-10,15-25H2,1H3,(H,37,38)/t26-,31+,32-,33-/m1/s1. The van der Waals surface area contributed by atoms with Crippen LogP contribution in [-0.2, 0) is 4.79 Å². The van der Waals surface area contributed by atoms with Gasteiger partial charge in [-0.1, -0.05) is 86.8 Å². The fourth-order valence-corrected chi connectivity index (χ4v) is 7.72. The lowest BCUT2D eigenvalue weighted by Crippen LogP contribution is -2.46. The van der Waals surface area contributed by atoms with Crippen molar-refractivity contribution in [3.05, 3.63) is 71.8 Å². The average molecular weight is 517 g/mol. The number of carboxylic acids is 1. The van der Waals surface area contributed by atoms with Crippen LogP contribution in [0.1, 0.15) is 87.7 Å². The molecule has 0 bridgehead atoms. The van der Waals surface area contributed by atoms with E-state index in [2.05, 4.69) is 77.4 Å². The van der Waals surface area contributed by atoms with Gasteiger partial charge in [-0.15, -0.1) is 0 Å². The molecule has 5 rings (SSSR count). The molecule has 1 aliphatic carbocycles. The van der Waals surface area contributed by atoms with E-state index in [-0.39, 0.29) is 6.04 Å². The Morgan fingerprint density at radius 3 is 2.21 bits per heavy atom. The third kappa shape index (κ3) is 6.87. The Labute approximate surface area is 230 Å². The fourth-order valence-electron chi connectivity index (χ4n) is 7.72. The van der Waals surface area contributed by atoms with Crippen molar-refractivity contribution in [2.75, 3.05) is 32.7 Å². The summed E-state index contributed by atoms with van der Waals surface area (Å²) in [5.41, 5.74) is 2.85. The highest BCUT2D eigenvalue weighted by molar-refractivity contribution is 5.74. The highest BCUT2D eigenvalue weighted by Gasteiger charge is 2.43. The minimum absolute atomic E-state index is 0.311. The maximum Gasteiger partial charge on any atom is 0.321 e. The molecule has 2 heterocycles. The van der Waals surface area contributed by atoms with Crippen LogP contribution < -0.4 is 0 Å². The minimum atomic E-state index is -0.602. The van der Waals surface area contributed by atoms with Crippen LogP contribution in [0.3, 0.4) is 0 Å². The first kappa shape index (κ1) is 27.4. The summed E-state index contributed by atoms with van der Waals surface area (Å²) in [5.74, 6) is 2.10. The molecule has 2 aromatic rings. The van der Waals surface area contributed by atoms with Gasteiger partial charge in [-0.05, 0) is 86.4 Å². The highest BCUT2D eigenvalue weighted by Crippen LogP contribution is 2.39. The van der Waals surface area contributed by atoms with Crippen LogP contribution in [0.15, 0.2) is 60.7 Å². The highest BCUT2D eigenvalue weighted by atomic mass is 16.4. The predicted molar refractivity (Wildman–Crippen MR) is 155 cm³/mol. The topological polar surface area (TPSA) is 43.8 Å². The Balaban J connectivity index is 1.18. The SMILES string of the molecule is C[C@H](CCC1CCN(C[C@H]2CN([C@@H](C(=O)O)C3CCCCC3)C[C@@H]2c2ccccc2)CC1)c1ccccc1.